The van der Waals surface area contributed by atoms with Crippen LogP contribution in [0, 0.1) is 30.9 Å². The van der Waals surface area contributed by atoms with Crippen LogP contribution in [0.1, 0.15) is 32.9 Å². The summed E-state index contributed by atoms with van der Waals surface area (Å²) in [7, 11) is 0. The number of hydrogen-bond donors (Lipinski definition) is 1. The van der Waals surface area contributed by atoms with Gasteiger partial charge in [0, 0.05) is 44.8 Å². The molecule has 0 unspecified atom stereocenters. The predicted octanol–water partition coefficient (Wildman–Crippen LogP) is 4.84. The Bertz CT molecular complexity index is 1120. The molecule has 3 rings (SSSR count). The molecule has 2 aromatic carbocycles. The largest absolute Gasteiger partial charge is 0.318 e. The maximum Gasteiger partial charge on any atom is 0.271 e. The standard InChI is InChI=1S/C21H19BrN4O3/c1-13-4-7-19(11-20(13)22)25-14(2)10-17(15(25)3)12-23-24-21(27)16-5-8-18(9-6-16)26(28)29/h4-12H,1-3H3,(H,24,27)/b23-12+. The van der Waals surface area contributed by atoms with Gasteiger partial charge >= 0.3 is 0 Å². The van der Waals surface area contributed by atoms with Crippen molar-refractivity contribution in [1.82, 2.24) is 9.99 Å². The van der Waals surface area contributed by atoms with E-state index < -0.39 is 10.8 Å². The highest BCUT2D eigenvalue weighted by Gasteiger charge is 2.11. The first-order valence-corrected chi connectivity index (χ1v) is 9.60. The summed E-state index contributed by atoms with van der Waals surface area (Å²) in [6.45, 7) is 6.03. The number of aromatic nitrogens is 1. The fraction of sp³-hybridized carbons (Fsp3) is 0.143. The SMILES string of the molecule is Cc1ccc(-n2c(C)cc(/C=N/NC(=O)c3ccc([N+](=O)[O-])cc3)c2C)cc1Br. The summed E-state index contributed by atoms with van der Waals surface area (Å²) in [5.74, 6) is -0.438. The van der Waals surface area contributed by atoms with Crippen LogP contribution in [0.4, 0.5) is 5.69 Å². The first-order valence-electron chi connectivity index (χ1n) is 8.81. The minimum Gasteiger partial charge on any atom is -0.318 e. The minimum atomic E-state index is -0.512. The van der Waals surface area contributed by atoms with E-state index in [2.05, 4.69) is 49.2 Å². The number of aryl methyl sites for hydroxylation is 2. The van der Waals surface area contributed by atoms with Gasteiger partial charge in [0.2, 0.25) is 0 Å². The van der Waals surface area contributed by atoms with Crippen molar-refractivity contribution < 1.29 is 9.72 Å². The van der Waals surface area contributed by atoms with E-state index in [0.29, 0.717) is 5.56 Å². The summed E-state index contributed by atoms with van der Waals surface area (Å²) in [6, 6.07) is 13.5. The van der Waals surface area contributed by atoms with E-state index in [1.54, 1.807) is 6.21 Å². The Labute approximate surface area is 176 Å². The number of carbonyl (C=O) groups excluding carboxylic acids is 1. The average Bonchev–Trinajstić information content (AvgIpc) is 2.97. The van der Waals surface area contributed by atoms with E-state index in [4.69, 9.17) is 0 Å². The Morgan fingerprint density at radius 2 is 1.83 bits per heavy atom. The number of benzene rings is 2. The molecule has 7 nitrogen and oxygen atoms in total. The van der Waals surface area contributed by atoms with Crippen molar-refractivity contribution in [1.29, 1.82) is 0 Å². The Kier molecular flexibility index (Phi) is 5.93. The molecule has 1 amide bonds. The molecule has 0 saturated heterocycles. The van der Waals surface area contributed by atoms with Crippen LogP contribution in [-0.2, 0) is 0 Å². The topological polar surface area (TPSA) is 89.5 Å². The summed E-state index contributed by atoms with van der Waals surface area (Å²) in [6.07, 6.45) is 1.59. The van der Waals surface area contributed by atoms with E-state index in [0.717, 1.165) is 32.7 Å². The van der Waals surface area contributed by atoms with Gasteiger partial charge in [-0.15, -0.1) is 0 Å². The first-order chi connectivity index (χ1) is 13.8. The van der Waals surface area contributed by atoms with Gasteiger partial charge in [-0.1, -0.05) is 22.0 Å². The molecular formula is C21H19BrN4O3. The van der Waals surface area contributed by atoms with Crippen molar-refractivity contribution >= 4 is 33.7 Å². The number of nitrogens with one attached hydrogen (secondary N) is 1. The van der Waals surface area contributed by atoms with Crippen LogP contribution in [-0.4, -0.2) is 21.6 Å². The lowest BCUT2D eigenvalue weighted by molar-refractivity contribution is -0.384. The number of carbonyl (C=O) groups is 1. The van der Waals surface area contributed by atoms with Crippen molar-refractivity contribution in [3.63, 3.8) is 0 Å². The maximum absolute atomic E-state index is 12.2. The van der Waals surface area contributed by atoms with Gasteiger partial charge < -0.3 is 4.57 Å². The smallest absolute Gasteiger partial charge is 0.271 e. The highest BCUT2D eigenvalue weighted by molar-refractivity contribution is 9.10. The Morgan fingerprint density at radius 1 is 1.14 bits per heavy atom. The second-order valence-corrected chi connectivity index (χ2v) is 7.45. The molecule has 0 aliphatic rings. The molecule has 29 heavy (non-hydrogen) atoms. The highest BCUT2D eigenvalue weighted by Crippen LogP contribution is 2.24. The van der Waals surface area contributed by atoms with Crippen molar-refractivity contribution in [3.05, 3.63) is 91.2 Å². The number of amides is 1. The van der Waals surface area contributed by atoms with Crippen molar-refractivity contribution in [2.24, 2.45) is 5.10 Å². The van der Waals surface area contributed by atoms with Gasteiger partial charge in [-0.2, -0.15) is 5.10 Å². The minimum absolute atomic E-state index is 0.0692. The van der Waals surface area contributed by atoms with Gasteiger partial charge in [0.15, 0.2) is 0 Å². The van der Waals surface area contributed by atoms with Crippen LogP contribution < -0.4 is 5.43 Å². The quantitative estimate of drug-likeness (QED) is 0.339. The van der Waals surface area contributed by atoms with Crippen LogP contribution in [0.25, 0.3) is 5.69 Å². The number of nitro benzene ring substituents is 1. The van der Waals surface area contributed by atoms with Crippen LogP contribution in [0.15, 0.2) is 58.1 Å². The van der Waals surface area contributed by atoms with Crippen molar-refractivity contribution in [2.75, 3.05) is 0 Å². The molecule has 8 heteroatoms. The number of halogens is 1. The van der Waals surface area contributed by atoms with Gasteiger partial charge in [-0.05, 0) is 56.7 Å². The normalized spacial score (nSPS) is 11.0. The Hall–Kier alpha value is -3.26. The lowest BCUT2D eigenvalue weighted by Crippen LogP contribution is -2.17. The molecule has 148 valence electrons. The number of nitro groups is 1. The summed E-state index contributed by atoms with van der Waals surface area (Å²) < 4.78 is 3.15. The third kappa shape index (κ3) is 4.43. The number of rotatable bonds is 5. The molecule has 0 spiro atoms. The average molecular weight is 455 g/mol. The maximum atomic E-state index is 12.2. The predicted molar refractivity (Wildman–Crippen MR) is 116 cm³/mol. The molecule has 0 aliphatic carbocycles. The number of hydrogen-bond acceptors (Lipinski definition) is 4. The van der Waals surface area contributed by atoms with E-state index in [9.17, 15) is 14.9 Å². The lowest BCUT2D eigenvalue weighted by Gasteiger charge is -2.11. The summed E-state index contributed by atoms with van der Waals surface area (Å²) >= 11 is 3.57. The fourth-order valence-electron chi connectivity index (χ4n) is 3.00. The molecular weight excluding hydrogens is 436 g/mol. The number of nitrogens with zero attached hydrogens (tertiary/aromatic N) is 3. The molecule has 1 N–H and O–H groups in total. The molecule has 1 heterocycles. The van der Waals surface area contributed by atoms with Gasteiger partial charge in [-0.3, -0.25) is 14.9 Å². The van der Waals surface area contributed by atoms with Crippen LogP contribution in [0.3, 0.4) is 0 Å². The second-order valence-electron chi connectivity index (χ2n) is 6.60. The number of hydrazone groups is 1. The van der Waals surface area contributed by atoms with Crippen LogP contribution in [0.2, 0.25) is 0 Å². The zero-order valence-corrected chi connectivity index (χ0v) is 17.7. The molecule has 0 atom stereocenters. The number of non-ortho nitro benzene ring substituents is 1. The van der Waals surface area contributed by atoms with E-state index >= 15 is 0 Å². The monoisotopic (exact) mass is 454 g/mol. The molecule has 3 aromatic rings. The van der Waals surface area contributed by atoms with E-state index in [1.165, 1.54) is 24.3 Å². The van der Waals surface area contributed by atoms with Gasteiger partial charge in [0.25, 0.3) is 11.6 Å². The molecule has 0 saturated carbocycles. The molecule has 0 aliphatic heterocycles. The van der Waals surface area contributed by atoms with E-state index in [-0.39, 0.29) is 5.69 Å². The summed E-state index contributed by atoms with van der Waals surface area (Å²) in [4.78, 5) is 22.3. The molecule has 0 radical (unpaired) electrons. The third-order valence-corrected chi connectivity index (χ3v) is 5.45. The van der Waals surface area contributed by atoms with Gasteiger partial charge in [-0.25, -0.2) is 5.43 Å². The molecule has 0 fully saturated rings. The lowest BCUT2D eigenvalue weighted by atomic mass is 10.2. The van der Waals surface area contributed by atoms with Crippen molar-refractivity contribution in [2.45, 2.75) is 20.8 Å². The van der Waals surface area contributed by atoms with E-state index in [1.807, 2.05) is 26.8 Å². The zero-order chi connectivity index (χ0) is 21.1. The van der Waals surface area contributed by atoms with Gasteiger partial charge in [0.1, 0.15) is 0 Å². The third-order valence-electron chi connectivity index (χ3n) is 4.59. The second kappa shape index (κ2) is 8.40. The van der Waals surface area contributed by atoms with Crippen LogP contribution >= 0.6 is 15.9 Å². The first kappa shape index (κ1) is 20.5. The zero-order valence-electron chi connectivity index (χ0n) is 16.1. The van der Waals surface area contributed by atoms with Crippen molar-refractivity contribution in [3.8, 4) is 5.69 Å². The Morgan fingerprint density at radius 3 is 2.45 bits per heavy atom. The molecule has 1 aromatic heterocycles. The van der Waals surface area contributed by atoms with Crippen LogP contribution in [0.5, 0.6) is 0 Å². The fourth-order valence-corrected chi connectivity index (χ4v) is 3.36. The summed E-state index contributed by atoms with van der Waals surface area (Å²) in [5.41, 5.74) is 7.78. The summed E-state index contributed by atoms with van der Waals surface area (Å²) in [5, 5.41) is 14.7. The Balaban J connectivity index is 1.76. The highest BCUT2D eigenvalue weighted by atomic mass is 79.9. The molecule has 0 bridgehead atoms. The van der Waals surface area contributed by atoms with Gasteiger partial charge in [0.05, 0.1) is 11.1 Å².